The standard InChI is InChI=1S/C16H24N4O/c1-16(2,3)20-6-4-19(5-7-20)14-10-13-11(8-12(14)17)9-15(21)18-13/h8,10H,4-7,9,17H2,1-3H3,(H,18,21). The monoisotopic (exact) mass is 288 g/mol. The van der Waals surface area contributed by atoms with E-state index in [1.54, 1.807) is 0 Å². The Kier molecular flexibility index (Phi) is 3.32. The summed E-state index contributed by atoms with van der Waals surface area (Å²) in [7, 11) is 0. The number of nitrogens with zero attached hydrogens (tertiary/aromatic N) is 2. The lowest BCUT2D eigenvalue weighted by Gasteiger charge is -2.43. The zero-order chi connectivity index (χ0) is 15.2. The summed E-state index contributed by atoms with van der Waals surface area (Å²) in [6.07, 6.45) is 0.442. The second kappa shape index (κ2) is 4.91. The van der Waals surface area contributed by atoms with Crippen LogP contribution in [-0.4, -0.2) is 42.5 Å². The maximum Gasteiger partial charge on any atom is 0.228 e. The van der Waals surface area contributed by atoms with Crippen molar-refractivity contribution in [1.82, 2.24) is 4.90 Å². The van der Waals surface area contributed by atoms with E-state index in [9.17, 15) is 4.79 Å². The Morgan fingerprint density at radius 3 is 2.43 bits per heavy atom. The number of fused-ring (bicyclic) bond motifs is 1. The van der Waals surface area contributed by atoms with Gasteiger partial charge in [-0.25, -0.2) is 0 Å². The maximum atomic E-state index is 11.5. The molecular weight excluding hydrogens is 264 g/mol. The molecule has 1 aromatic rings. The zero-order valence-corrected chi connectivity index (χ0v) is 13.1. The number of nitrogens with two attached hydrogens (primary N) is 1. The third-order valence-electron chi connectivity index (χ3n) is 4.45. The summed E-state index contributed by atoms with van der Waals surface area (Å²) in [6.45, 7) is 10.8. The van der Waals surface area contributed by atoms with Crippen LogP contribution in [0.15, 0.2) is 12.1 Å². The first-order valence-corrected chi connectivity index (χ1v) is 7.57. The van der Waals surface area contributed by atoms with Crippen LogP contribution in [0.2, 0.25) is 0 Å². The van der Waals surface area contributed by atoms with Crippen LogP contribution in [0.3, 0.4) is 0 Å². The van der Waals surface area contributed by atoms with Crippen LogP contribution in [-0.2, 0) is 11.2 Å². The Labute approximate surface area is 126 Å². The topological polar surface area (TPSA) is 61.6 Å². The van der Waals surface area contributed by atoms with E-state index >= 15 is 0 Å². The molecule has 0 aliphatic carbocycles. The van der Waals surface area contributed by atoms with Crippen molar-refractivity contribution in [3.05, 3.63) is 17.7 Å². The van der Waals surface area contributed by atoms with E-state index in [0.717, 1.165) is 48.8 Å². The van der Waals surface area contributed by atoms with Gasteiger partial charge in [-0.2, -0.15) is 0 Å². The number of benzene rings is 1. The van der Waals surface area contributed by atoms with Crippen molar-refractivity contribution in [2.45, 2.75) is 32.7 Å². The third-order valence-corrected chi connectivity index (χ3v) is 4.45. The fourth-order valence-electron chi connectivity index (χ4n) is 3.17. The summed E-state index contributed by atoms with van der Waals surface area (Å²) >= 11 is 0. The van der Waals surface area contributed by atoms with Crippen molar-refractivity contribution in [2.75, 3.05) is 42.1 Å². The van der Waals surface area contributed by atoms with Gasteiger partial charge < -0.3 is 16.0 Å². The lowest BCUT2D eigenvalue weighted by atomic mass is 10.0. The molecule has 3 N–H and O–H groups in total. The minimum Gasteiger partial charge on any atom is -0.397 e. The Morgan fingerprint density at radius 2 is 1.81 bits per heavy atom. The Balaban J connectivity index is 1.77. The molecule has 3 rings (SSSR count). The number of carbonyl (C=O) groups excluding carboxylic acids is 1. The van der Waals surface area contributed by atoms with Crippen molar-refractivity contribution in [3.63, 3.8) is 0 Å². The average Bonchev–Trinajstić information content (AvgIpc) is 2.76. The molecule has 2 heterocycles. The van der Waals surface area contributed by atoms with Crippen LogP contribution in [0.4, 0.5) is 17.1 Å². The second-order valence-electron chi connectivity index (χ2n) is 6.94. The summed E-state index contributed by atoms with van der Waals surface area (Å²) < 4.78 is 0. The molecule has 5 nitrogen and oxygen atoms in total. The first kappa shape index (κ1) is 14.2. The molecule has 0 bridgehead atoms. The van der Waals surface area contributed by atoms with E-state index in [1.807, 2.05) is 12.1 Å². The van der Waals surface area contributed by atoms with Gasteiger partial charge in [-0.05, 0) is 38.5 Å². The van der Waals surface area contributed by atoms with Gasteiger partial charge in [-0.15, -0.1) is 0 Å². The van der Waals surface area contributed by atoms with E-state index in [1.165, 1.54) is 0 Å². The minimum atomic E-state index is 0.0547. The number of piperazine rings is 1. The van der Waals surface area contributed by atoms with Gasteiger partial charge >= 0.3 is 0 Å². The molecule has 0 radical (unpaired) electrons. The highest BCUT2D eigenvalue weighted by Crippen LogP contribution is 2.34. The molecule has 5 heteroatoms. The number of nitrogens with one attached hydrogen (secondary N) is 1. The molecule has 1 amide bonds. The van der Waals surface area contributed by atoms with Gasteiger partial charge in [0.2, 0.25) is 5.91 Å². The number of hydrogen-bond donors (Lipinski definition) is 2. The van der Waals surface area contributed by atoms with Gasteiger partial charge in [0.05, 0.1) is 17.8 Å². The summed E-state index contributed by atoms with van der Waals surface area (Å²) in [4.78, 5) is 16.3. The van der Waals surface area contributed by atoms with E-state index < -0.39 is 0 Å². The van der Waals surface area contributed by atoms with E-state index in [-0.39, 0.29) is 11.4 Å². The summed E-state index contributed by atoms with van der Waals surface area (Å²) in [5.74, 6) is 0.0547. The average molecular weight is 288 g/mol. The molecule has 0 spiro atoms. The van der Waals surface area contributed by atoms with Crippen molar-refractivity contribution in [1.29, 1.82) is 0 Å². The van der Waals surface area contributed by atoms with Crippen molar-refractivity contribution < 1.29 is 4.79 Å². The quantitative estimate of drug-likeness (QED) is 0.772. The van der Waals surface area contributed by atoms with Gasteiger partial charge in [0.15, 0.2) is 0 Å². The van der Waals surface area contributed by atoms with Gasteiger partial charge in [-0.3, -0.25) is 9.69 Å². The summed E-state index contributed by atoms with van der Waals surface area (Å²) in [6, 6.07) is 3.97. The highest BCUT2D eigenvalue weighted by atomic mass is 16.1. The molecule has 21 heavy (non-hydrogen) atoms. The van der Waals surface area contributed by atoms with Gasteiger partial charge in [0.25, 0.3) is 0 Å². The van der Waals surface area contributed by atoms with Crippen LogP contribution >= 0.6 is 0 Å². The van der Waals surface area contributed by atoms with Crippen LogP contribution in [0.5, 0.6) is 0 Å². The summed E-state index contributed by atoms with van der Waals surface area (Å²) in [5, 5.41) is 2.91. The predicted molar refractivity (Wildman–Crippen MR) is 86.7 cm³/mol. The first-order valence-electron chi connectivity index (χ1n) is 7.57. The van der Waals surface area contributed by atoms with E-state index in [0.29, 0.717) is 6.42 Å². The maximum absolute atomic E-state index is 11.5. The first-order chi connectivity index (χ1) is 9.84. The Hall–Kier alpha value is -1.75. The van der Waals surface area contributed by atoms with Crippen molar-refractivity contribution in [3.8, 4) is 0 Å². The number of nitrogen functional groups attached to an aromatic ring is 1. The second-order valence-corrected chi connectivity index (χ2v) is 6.94. The lowest BCUT2D eigenvalue weighted by molar-refractivity contribution is -0.115. The number of hydrogen-bond acceptors (Lipinski definition) is 4. The van der Waals surface area contributed by atoms with E-state index in [4.69, 9.17) is 5.73 Å². The molecule has 114 valence electrons. The SMILES string of the molecule is CC(C)(C)N1CCN(c2cc3c(cc2N)CC(=O)N3)CC1. The van der Waals surface area contributed by atoms with Crippen molar-refractivity contribution >= 4 is 23.0 Å². The molecule has 0 unspecified atom stereocenters. The zero-order valence-electron chi connectivity index (χ0n) is 13.1. The molecule has 0 saturated carbocycles. The molecule has 2 aliphatic rings. The number of amides is 1. The normalized spacial score (nSPS) is 19.6. The minimum absolute atomic E-state index is 0.0547. The fraction of sp³-hybridized carbons (Fsp3) is 0.562. The van der Waals surface area contributed by atoms with Crippen LogP contribution < -0.4 is 16.0 Å². The third kappa shape index (κ3) is 2.70. The van der Waals surface area contributed by atoms with Gasteiger partial charge in [-0.1, -0.05) is 0 Å². The van der Waals surface area contributed by atoms with Gasteiger partial charge in [0.1, 0.15) is 0 Å². The van der Waals surface area contributed by atoms with Crippen molar-refractivity contribution in [2.24, 2.45) is 0 Å². The number of anilines is 3. The number of carbonyl (C=O) groups is 1. The number of rotatable bonds is 1. The molecular formula is C16H24N4O. The Bertz CT molecular complexity index is 568. The largest absolute Gasteiger partial charge is 0.397 e. The molecule has 1 aromatic carbocycles. The molecule has 0 aromatic heterocycles. The van der Waals surface area contributed by atoms with Crippen LogP contribution in [0, 0.1) is 0 Å². The highest BCUT2D eigenvalue weighted by molar-refractivity contribution is 6.00. The summed E-state index contributed by atoms with van der Waals surface area (Å²) in [5.41, 5.74) is 10.2. The van der Waals surface area contributed by atoms with Crippen LogP contribution in [0.25, 0.3) is 0 Å². The molecule has 1 fully saturated rings. The predicted octanol–water partition coefficient (Wildman–Crippen LogP) is 1.68. The van der Waals surface area contributed by atoms with Crippen LogP contribution in [0.1, 0.15) is 26.3 Å². The molecule has 0 atom stereocenters. The highest BCUT2D eigenvalue weighted by Gasteiger charge is 2.27. The van der Waals surface area contributed by atoms with Gasteiger partial charge in [0, 0.05) is 37.4 Å². The smallest absolute Gasteiger partial charge is 0.228 e. The fourth-order valence-corrected chi connectivity index (χ4v) is 3.17. The molecule has 1 saturated heterocycles. The lowest BCUT2D eigenvalue weighted by Crippen LogP contribution is -2.53. The molecule has 2 aliphatic heterocycles. The van der Waals surface area contributed by atoms with E-state index in [2.05, 4.69) is 35.9 Å². The Morgan fingerprint density at radius 1 is 1.14 bits per heavy atom.